The van der Waals surface area contributed by atoms with Crippen molar-refractivity contribution in [2.45, 2.75) is 46.2 Å². The monoisotopic (exact) mass is 280 g/mol. The van der Waals surface area contributed by atoms with E-state index < -0.39 is 0 Å². The van der Waals surface area contributed by atoms with Crippen LogP contribution in [0.5, 0.6) is 0 Å². The predicted octanol–water partition coefficient (Wildman–Crippen LogP) is 1.59. The van der Waals surface area contributed by atoms with Crippen LogP contribution in [-0.2, 0) is 19.4 Å². The van der Waals surface area contributed by atoms with E-state index in [0.717, 1.165) is 29.4 Å². The number of rotatable bonds is 6. The topological polar surface area (TPSA) is 82.5 Å². The van der Waals surface area contributed by atoms with Crippen LogP contribution in [0, 0.1) is 5.92 Å². The largest absolute Gasteiger partial charge is 0.323 e. The number of nitrogens with zero attached hydrogens (tertiary/aromatic N) is 5. The van der Waals surface area contributed by atoms with E-state index >= 15 is 0 Å². The Hall–Kier alpha value is -1.34. The molecule has 0 aliphatic heterocycles. The van der Waals surface area contributed by atoms with Gasteiger partial charge in [-0.2, -0.15) is 5.10 Å². The molecule has 1 unspecified atom stereocenters. The van der Waals surface area contributed by atoms with Gasteiger partial charge in [0.15, 0.2) is 0 Å². The van der Waals surface area contributed by atoms with Gasteiger partial charge in [-0.25, -0.2) is 9.67 Å². The van der Waals surface area contributed by atoms with Crippen LogP contribution in [0.3, 0.4) is 0 Å². The van der Waals surface area contributed by atoms with Crippen molar-refractivity contribution < 1.29 is 0 Å². The highest BCUT2D eigenvalue weighted by Gasteiger charge is 2.18. The fourth-order valence-corrected chi connectivity index (χ4v) is 2.71. The SMILES string of the molecule is CCc1nnsc1C(N)Cc1ncnn1CC(C)C. The molecule has 6 nitrogen and oxygen atoms in total. The van der Waals surface area contributed by atoms with Crippen molar-refractivity contribution in [2.24, 2.45) is 11.7 Å². The second kappa shape index (κ2) is 6.21. The van der Waals surface area contributed by atoms with Crippen LogP contribution < -0.4 is 5.73 Å². The van der Waals surface area contributed by atoms with Crippen LogP contribution in [0.1, 0.15) is 43.2 Å². The zero-order chi connectivity index (χ0) is 13.8. The fraction of sp³-hybridized carbons (Fsp3) is 0.667. The molecule has 104 valence electrons. The molecule has 0 bridgehead atoms. The molecule has 2 heterocycles. The molecule has 0 amide bonds. The first-order valence-corrected chi connectivity index (χ1v) is 7.32. The van der Waals surface area contributed by atoms with Gasteiger partial charge in [-0.1, -0.05) is 25.3 Å². The summed E-state index contributed by atoms with van der Waals surface area (Å²) in [5.74, 6) is 1.46. The lowest BCUT2D eigenvalue weighted by molar-refractivity contribution is 0.459. The van der Waals surface area contributed by atoms with Crippen molar-refractivity contribution in [1.29, 1.82) is 0 Å². The second-order valence-electron chi connectivity index (χ2n) is 5.00. The summed E-state index contributed by atoms with van der Waals surface area (Å²) < 4.78 is 5.92. The van der Waals surface area contributed by atoms with Crippen LogP contribution in [0.4, 0.5) is 0 Å². The third kappa shape index (κ3) is 3.36. The summed E-state index contributed by atoms with van der Waals surface area (Å²) in [4.78, 5) is 5.37. The molecular weight excluding hydrogens is 260 g/mol. The minimum absolute atomic E-state index is 0.106. The van der Waals surface area contributed by atoms with E-state index in [-0.39, 0.29) is 6.04 Å². The van der Waals surface area contributed by atoms with Crippen molar-refractivity contribution in [3.8, 4) is 0 Å². The van der Waals surface area contributed by atoms with Crippen molar-refractivity contribution in [2.75, 3.05) is 0 Å². The van der Waals surface area contributed by atoms with Crippen LogP contribution in [0.2, 0.25) is 0 Å². The lowest BCUT2D eigenvalue weighted by Gasteiger charge is -2.12. The Morgan fingerprint density at radius 3 is 2.89 bits per heavy atom. The number of aromatic nitrogens is 5. The van der Waals surface area contributed by atoms with Gasteiger partial charge in [0.05, 0.1) is 10.6 Å². The third-order valence-corrected chi connectivity index (χ3v) is 3.79. The maximum atomic E-state index is 6.26. The summed E-state index contributed by atoms with van der Waals surface area (Å²) in [5.41, 5.74) is 7.25. The Morgan fingerprint density at radius 1 is 1.42 bits per heavy atom. The predicted molar refractivity (Wildman–Crippen MR) is 74.8 cm³/mol. The van der Waals surface area contributed by atoms with Crippen molar-refractivity contribution in [3.05, 3.63) is 22.7 Å². The maximum absolute atomic E-state index is 6.26. The fourth-order valence-electron chi connectivity index (χ4n) is 1.98. The van der Waals surface area contributed by atoms with Gasteiger partial charge in [0, 0.05) is 19.0 Å². The summed E-state index contributed by atoms with van der Waals surface area (Å²) in [5, 5.41) is 8.36. The summed E-state index contributed by atoms with van der Waals surface area (Å²) in [6.07, 6.45) is 3.12. The Labute approximate surface area is 117 Å². The van der Waals surface area contributed by atoms with Gasteiger partial charge in [0.25, 0.3) is 0 Å². The molecule has 0 saturated heterocycles. The molecule has 0 spiro atoms. The number of hydrogen-bond acceptors (Lipinski definition) is 6. The maximum Gasteiger partial charge on any atom is 0.138 e. The standard InChI is InChI=1S/C12H20N6S/c1-4-10-12(19-17-16-10)9(13)5-11-14-7-15-18(11)6-8(2)3/h7-9H,4-6,13H2,1-3H3. The zero-order valence-electron chi connectivity index (χ0n) is 11.6. The average molecular weight is 280 g/mol. The summed E-state index contributed by atoms with van der Waals surface area (Å²) in [6, 6.07) is -0.106. The van der Waals surface area contributed by atoms with Gasteiger partial charge in [-0.3, -0.25) is 0 Å². The molecule has 1 atom stereocenters. The van der Waals surface area contributed by atoms with Gasteiger partial charge >= 0.3 is 0 Å². The summed E-state index contributed by atoms with van der Waals surface area (Å²) >= 11 is 1.38. The molecule has 0 saturated carbocycles. The number of aryl methyl sites for hydroxylation is 1. The molecular formula is C12H20N6S. The normalized spacial score (nSPS) is 13.1. The molecule has 19 heavy (non-hydrogen) atoms. The van der Waals surface area contributed by atoms with E-state index in [0.29, 0.717) is 12.3 Å². The first-order valence-electron chi connectivity index (χ1n) is 6.55. The van der Waals surface area contributed by atoms with Gasteiger partial charge in [-0.15, -0.1) is 5.10 Å². The van der Waals surface area contributed by atoms with Gasteiger partial charge in [-0.05, 0) is 23.9 Å². The van der Waals surface area contributed by atoms with Gasteiger partial charge in [0.2, 0.25) is 0 Å². The third-order valence-electron chi connectivity index (χ3n) is 2.89. The summed E-state index contributed by atoms with van der Waals surface area (Å²) in [7, 11) is 0. The smallest absolute Gasteiger partial charge is 0.138 e. The molecule has 2 rings (SSSR count). The highest BCUT2D eigenvalue weighted by atomic mass is 32.1. The lowest BCUT2D eigenvalue weighted by atomic mass is 10.1. The minimum Gasteiger partial charge on any atom is -0.323 e. The van der Waals surface area contributed by atoms with Crippen LogP contribution in [-0.4, -0.2) is 24.4 Å². The van der Waals surface area contributed by atoms with E-state index in [9.17, 15) is 0 Å². The first kappa shape index (κ1) is 14.1. The first-order chi connectivity index (χ1) is 9.11. The number of nitrogens with two attached hydrogens (primary N) is 1. The molecule has 2 aromatic rings. The van der Waals surface area contributed by atoms with Gasteiger partial charge in [0.1, 0.15) is 12.2 Å². The van der Waals surface area contributed by atoms with E-state index in [2.05, 4.69) is 40.4 Å². The zero-order valence-corrected chi connectivity index (χ0v) is 12.4. The molecule has 0 radical (unpaired) electrons. The van der Waals surface area contributed by atoms with E-state index in [1.165, 1.54) is 11.5 Å². The molecule has 0 aliphatic carbocycles. The quantitative estimate of drug-likeness (QED) is 0.869. The van der Waals surface area contributed by atoms with Crippen molar-refractivity contribution >= 4 is 11.5 Å². The second-order valence-corrected chi connectivity index (χ2v) is 5.79. The molecule has 0 fully saturated rings. The highest BCUT2D eigenvalue weighted by molar-refractivity contribution is 7.05. The van der Waals surface area contributed by atoms with Crippen molar-refractivity contribution in [3.63, 3.8) is 0 Å². The molecule has 0 aromatic carbocycles. The lowest BCUT2D eigenvalue weighted by Crippen LogP contribution is -2.18. The van der Waals surface area contributed by atoms with Gasteiger partial charge < -0.3 is 5.73 Å². The number of hydrogen-bond donors (Lipinski definition) is 1. The van der Waals surface area contributed by atoms with E-state index in [4.69, 9.17) is 5.73 Å². The molecule has 0 aliphatic rings. The minimum atomic E-state index is -0.106. The molecule has 2 aromatic heterocycles. The molecule has 2 N–H and O–H groups in total. The Bertz CT molecular complexity index is 518. The Kier molecular flexibility index (Phi) is 4.60. The summed E-state index contributed by atoms with van der Waals surface area (Å²) in [6.45, 7) is 7.25. The van der Waals surface area contributed by atoms with Crippen LogP contribution >= 0.6 is 11.5 Å². The highest BCUT2D eigenvalue weighted by Crippen LogP contribution is 2.21. The Balaban J connectivity index is 2.11. The van der Waals surface area contributed by atoms with Crippen LogP contribution in [0.25, 0.3) is 0 Å². The Morgan fingerprint density at radius 2 is 2.21 bits per heavy atom. The molecule has 7 heteroatoms. The van der Waals surface area contributed by atoms with Crippen LogP contribution in [0.15, 0.2) is 6.33 Å². The van der Waals surface area contributed by atoms with E-state index in [1.54, 1.807) is 6.33 Å². The van der Waals surface area contributed by atoms with Crippen molar-refractivity contribution in [1.82, 2.24) is 24.4 Å². The van der Waals surface area contributed by atoms with E-state index in [1.807, 2.05) is 4.68 Å². The average Bonchev–Trinajstić information content (AvgIpc) is 2.97.